The minimum Gasteiger partial charge on any atom is -0.384 e. The van der Waals surface area contributed by atoms with Gasteiger partial charge in [0, 0.05) is 19.7 Å². The van der Waals surface area contributed by atoms with Crippen molar-refractivity contribution in [1.82, 2.24) is 14.6 Å². The Hall–Kier alpha value is -1.42. The number of ether oxygens (including phenoxy) is 1. The van der Waals surface area contributed by atoms with E-state index in [0.29, 0.717) is 6.61 Å². The van der Waals surface area contributed by atoms with Gasteiger partial charge in [-0.15, -0.1) is 0 Å². The maximum absolute atomic E-state index is 4.98. The third-order valence-corrected chi connectivity index (χ3v) is 2.05. The second-order valence-corrected chi connectivity index (χ2v) is 3.28. The highest BCUT2D eigenvalue weighted by molar-refractivity contribution is 5.38. The molecule has 0 unspecified atom stereocenters. The van der Waals surface area contributed by atoms with Crippen LogP contribution in [0.15, 0.2) is 18.3 Å². The van der Waals surface area contributed by atoms with E-state index in [1.54, 1.807) is 11.6 Å². The number of fused-ring (bicyclic) bond motifs is 1. The van der Waals surface area contributed by atoms with Crippen LogP contribution in [0, 0.1) is 6.92 Å². The quantitative estimate of drug-likeness (QED) is 0.732. The van der Waals surface area contributed by atoms with Gasteiger partial charge < -0.3 is 4.74 Å². The molecule has 0 aliphatic carbocycles. The van der Waals surface area contributed by atoms with Crippen molar-refractivity contribution in [2.24, 2.45) is 0 Å². The van der Waals surface area contributed by atoms with Gasteiger partial charge in [0.2, 0.25) is 0 Å². The first kappa shape index (κ1) is 9.15. The van der Waals surface area contributed by atoms with Crippen molar-refractivity contribution in [1.29, 1.82) is 0 Å². The lowest BCUT2D eigenvalue weighted by Gasteiger charge is -1.92. The topological polar surface area (TPSA) is 39.4 Å². The van der Waals surface area contributed by atoms with E-state index in [-0.39, 0.29) is 0 Å². The van der Waals surface area contributed by atoms with Crippen LogP contribution in [-0.2, 0) is 11.2 Å². The molecule has 2 rings (SSSR count). The predicted molar refractivity (Wildman–Crippen MR) is 53.3 cm³/mol. The van der Waals surface area contributed by atoms with E-state index in [4.69, 9.17) is 4.74 Å². The van der Waals surface area contributed by atoms with E-state index in [0.717, 1.165) is 17.9 Å². The number of nitrogens with zero attached hydrogens (tertiary/aromatic N) is 3. The Kier molecular flexibility index (Phi) is 2.45. The molecule has 2 aromatic heterocycles. The molecular weight excluding hydrogens is 178 g/mol. The number of hydrogen-bond donors (Lipinski definition) is 0. The fourth-order valence-corrected chi connectivity index (χ4v) is 1.33. The van der Waals surface area contributed by atoms with Crippen LogP contribution in [0.3, 0.4) is 0 Å². The number of methoxy groups -OCH3 is 1. The fraction of sp³-hybridized carbons (Fsp3) is 0.400. The highest BCUT2D eigenvalue weighted by Gasteiger charge is 2.02. The maximum Gasteiger partial charge on any atom is 0.155 e. The molecule has 0 aromatic carbocycles. The summed E-state index contributed by atoms with van der Waals surface area (Å²) < 4.78 is 6.78. The van der Waals surface area contributed by atoms with E-state index in [9.17, 15) is 0 Å². The van der Waals surface area contributed by atoms with Gasteiger partial charge in [-0.1, -0.05) is 6.07 Å². The summed E-state index contributed by atoms with van der Waals surface area (Å²) in [6.07, 6.45) is 2.73. The largest absolute Gasteiger partial charge is 0.384 e. The summed E-state index contributed by atoms with van der Waals surface area (Å²) in [5.41, 5.74) is 2.07. The van der Waals surface area contributed by atoms with Crippen molar-refractivity contribution in [2.45, 2.75) is 13.3 Å². The Morgan fingerprint density at radius 2 is 2.29 bits per heavy atom. The van der Waals surface area contributed by atoms with Crippen LogP contribution in [0.1, 0.15) is 11.4 Å². The van der Waals surface area contributed by atoms with E-state index < -0.39 is 0 Å². The molecule has 0 amide bonds. The molecule has 2 aromatic rings. The zero-order chi connectivity index (χ0) is 9.97. The number of rotatable bonds is 3. The summed E-state index contributed by atoms with van der Waals surface area (Å²) >= 11 is 0. The average molecular weight is 191 g/mol. The molecule has 0 saturated heterocycles. The van der Waals surface area contributed by atoms with E-state index in [1.165, 1.54) is 5.56 Å². The lowest BCUT2D eigenvalue weighted by atomic mass is 10.3. The third kappa shape index (κ3) is 1.75. The first-order chi connectivity index (χ1) is 6.79. The number of aromatic nitrogens is 3. The Morgan fingerprint density at radius 1 is 1.43 bits per heavy atom. The zero-order valence-corrected chi connectivity index (χ0v) is 8.40. The summed E-state index contributed by atoms with van der Waals surface area (Å²) in [4.78, 5) is 4.36. The number of pyridine rings is 1. The zero-order valence-electron chi connectivity index (χ0n) is 8.40. The molecule has 14 heavy (non-hydrogen) atoms. The van der Waals surface area contributed by atoms with Gasteiger partial charge in [-0.3, -0.25) is 0 Å². The molecule has 74 valence electrons. The summed E-state index contributed by atoms with van der Waals surface area (Å²) in [7, 11) is 1.68. The fourth-order valence-electron chi connectivity index (χ4n) is 1.33. The van der Waals surface area contributed by atoms with Gasteiger partial charge in [0.25, 0.3) is 0 Å². The molecule has 0 aliphatic rings. The molecular formula is C10H13N3O. The van der Waals surface area contributed by atoms with Crippen molar-refractivity contribution in [2.75, 3.05) is 13.7 Å². The third-order valence-electron chi connectivity index (χ3n) is 2.05. The predicted octanol–water partition coefficient (Wildman–Crippen LogP) is 1.23. The molecule has 0 fully saturated rings. The van der Waals surface area contributed by atoms with Gasteiger partial charge >= 0.3 is 0 Å². The molecule has 0 atom stereocenters. The molecule has 0 bridgehead atoms. The molecule has 0 spiro atoms. The minimum absolute atomic E-state index is 0.663. The van der Waals surface area contributed by atoms with Crippen molar-refractivity contribution < 1.29 is 4.74 Å². The SMILES string of the molecule is COCCc1nc2ccc(C)cn2n1. The molecule has 0 N–H and O–H groups in total. The summed E-state index contributed by atoms with van der Waals surface area (Å²) in [6, 6.07) is 4.00. The molecule has 4 heteroatoms. The van der Waals surface area contributed by atoms with E-state index in [2.05, 4.69) is 10.1 Å². The first-order valence-corrected chi connectivity index (χ1v) is 4.60. The van der Waals surface area contributed by atoms with Crippen LogP contribution >= 0.6 is 0 Å². The van der Waals surface area contributed by atoms with Gasteiger partial charge in [0.15, 0.2) is 11.5 Å². The standard InChI is InChI=1S/C10H13N3O/c1-8-3-4-10-11-9(5-6-14-2)12-13(10)7-8/h3-4,7H,5-6H2,1-2H3. The number of aryl methyl sites for hydroxylation is 1. The first-order valence-electron chi connectivity index (χ1n) is 4.60. The molecule has 0 radical (unpaired) electrons. The van der Waals surface area contributed by atoms with Crippen LogP contribution in [0.2, 0.25) is 0 Å². The monoisotopic (exact) mass is 191 g/mol. The Morgan fingerprint density at radius 3 is 3.07 bits per heavy atom. The van der Waals surface area contributed by atoms with Gasteiger partial charge in [-0.2, -0.15) is 5.10 Å². The average Bonchev–Trinajstić information content (AvgIpc) is 2.56. The van der Waals surface area contributed by atoms with Crippen molar-refractivity contribution >= 4 is 5.65 Å². The van der Waals surface area contributed by atoms with Crippen molar-refractivity contribution in [3.05, 3.63) is 29.7 Å². The Balaban J connectivity index is 2.32. The molecule has 4 nitrogen and oxygen atoms in total. The van der Waals surface area contributed by atoms with Crippen LogP contribution in [0.5, 0.6) is 0 Å². The van der Waals surface area contributed by atoms with Crippen LogP contribution in [-0.4, -0.2) is 28.3 Å². The lowest BCUT2D eigenvalue weighted by Crippen LogP contribution is -1.96. The summed E-state index contributed by atoms with van der Waals surface area (Å²) in [6.45, 7) is 2.70. The van der Waals surface area contributed by atoms with Crippen molar-refractivity contribution in [3.8, 4) is 0 Å². The van der Waals surface area contributed by atoms with Gasteiger partial charge in [0.1, 0.15) is 0 Å². The molecule has 0 aliphatic heterocycles. The molecule has 0 saturated carbocycles. The second kappa shape index (κ2) is 3.75. The van der Waals surface area contributed by atoms with Crippen LogP contribution < -0.4 is 0 Å². The minimum atomic E-state index is 0.663. The van der Waals surface area contributed by atoms with E-state index >= 15 is 0 Å². The van der Waals surface area contributed by atoms with Crippen LogP contribution in [0.25, 0.3) is 5.65 Å². The highest BCUT2D eigenvalue weighted by atomic mass is 16.5. The Bertz CT molecular complexity index is 436. The highest BCUT2D eigenvalue weighted by Crippen LogP contribution is 2.04. The lowest BCUT2D eigenvalue weighted by molar-refractivity contribution is 0.200. The van der Waals surface area contributed by atoms with Gasteiger partial charge in [-0.25, -0.2) is 9.50 Å². The number of hydrogen-bond acceptors (Lipinski definition) is 3. The van der Waals surface area contributed by atoms with Crippen molar-refractivity contribution in [3.63, 3.8) is 0 Å². The molecule has 2 heterocycles. The second-order valence-electron chi connectivity index (χ2n) is 3.28. The van der Waals surface area contributed by atoms with Gasteiger partial charge in [-0.05, 0) is 18.6 Å². The maximum atomic E-state index is 4.98. The smallest absolute Gasteiger partial charge is 0.155 e. The van der Waals surface area contributed by atoms with E-state index in [1.807, 2.05) is 25.3 Å². The van der Waals surface area contributed by atoms with Crippen LogP contribution in [0.4, 0.5) is 0 Å². The Labute approximate surface area is 82.5 Å². The van der Waals surface area contributed by atoms with Gasteiger partial charge in [0.05, 0.1) is 6.61 Å². The summed E-state index contributed by atoms with van der Waals surface area (Å²) in [5, 5.41) is 4.34. The normalized spacial score (nSPS) is 11.0. The summed E-state index contributed by atoms with van der Waals surface area (Å²) in [5.74, 6) is 0.831.